The summed E-state index contributed by atoms with van der Waals surface area (Å²) in [6, 6.07) is 10.9. The van der Waals surface area contributed by atoms with Gasteiger partial charge in [0.25, 0.3) is 5.91 Å². The van der Waals surface area contributed by atoms with Gasteiger partial charge in [-0.1, -0.05) is 34.1 Å². The molecular formula is C15H14BrNO3S. The Bertz CT molecular complexity index is 610. The second-order valence-electron chi connectivity index (χ2n) is 4.39. The second-order valence-corrected chi connectivity index (χ2v) is 6.26. The van der Waals surface area contributed by atoms with E-state index >= 15 is 0 Å². The minimum Gasteiger partial charge on any atom is -0.451 e. The third-order valence-electron chi connectivity index (χ3n) is 2.80. The van der Waals surface area contributed by atoms with E-state index in [-0.39, 0.29) is 18.6 Å². The van der Waals surface area contributed by atoms with Gasteiger partial charge in [0, 0.05) is 4.47 Å². The number of nitrogens with one attached hydrogen (secondary N) is 1. The van der Waals surface area contributed by atoms with Crippen molar-refractivity contribution in [3.8, 4) is 0 Å². The average molecular weight is 368 g/mol. The van der Waals surface area contributed by atoms with Crippen molar-refractivity contribution in [2.24, 2.45) is 0 Å². The van der Waals surface area contributed by atoms with Crippen LogP contribution >= 0.6 is 27.3 Å². The molecule has 110 valence electrons. The van der Waals surface area contributed by atoms with Gasteiger partial charge in [0.15, 0.2) is 6.61 Å². The summed E-state index contributed by atoms with van der Waals surface area (Å²) in [6.07, 6.45) is 0. The fraction of sp³-hybridized carbons (Fsp3) is 0.200. The molecule has 0 aliphatic carbocycles. The predicted molar refractivity (Wildman–Crippen MR) is 85.3 cm³/mol. The molecule has 2 aromatic rings. The van der Waals surface area contributed by atoms with Crippen molar-refractivity contribution in [3.63, 3.8) is 0 Å². The molecule has 1 heterocycles. The van der Waals surface area contributed by atoms with Crippen LogP contribution in [0, 0.1) is 0 Å². The van der Waals surface area contributed by atoms with Crippen LogP contribution in [0.2, 0.25) is 0 Å². The molecule has 21 heavy (non-hydrogen) atoms. The molecule has 0 spiro atoms. The molecule has 1 aromatic heterocycles. The van der Waals surface area contributed by atoms with Gasteiger partial charge in [0.05, 0.1) is 6.04 Å². The van der Waals surface area contributed by atoms with Gasteiger partial charge in [-0.15, -0.1) is 11.3 Å². The average Bonchev–Trinajstić information content (AvgIpc) is 2.99. The summed E-state index contributed by atoms with van der Waals surface area (Å²) in [6.45, 7) is 1.60. The van der Waals surface area contributed by atoms with Crippen molar-refractivity contribution in [2.45, 2.75) is 13.0 Å². The highest BCUT2D eigenvalue weighted by molar-refractivity contribution is 9.10. The Morgan fingerprint density at radius 1 is 1.29 bits per heavy atom. The topological polar surface area (TPSA) is 55.4 Å². The first-order valence-corrected chi connectivity index (χ1v) is 7.99. The first-order valence-electron chi connectivity index (χ1n) is 6.31. The highest BCUT2D eigenvalue weighted by Crippen LogP contribution is 2.16. The van der Waals surface area contributed by atoms with Gasteiger partial charge < -0.3 is 10.1 Å². The van der Waals surface area contributed by atoms with Gasteiger partial charge in [-0.2, -0.15) is 0 Å². The van der Waals surface area contributed by atoms with Crippen LogP contribution in [-0.4, -0.2) is 18.5 Å². The largest absolute Gasteiger partial charge is 0.451 e. The molecule has 0 bridgehead atoms. The number of hydrogen-bond acceptors (Lipinski definition) is 4. The summed E-state index contributed by atoms with van der Waals surface area (Å²) in [4.78, 5) is 23.9. The maximum atomic E-state index is 11.8. The van der Waals surface area contributed by atoms with E-state index in [9.17, 15) is 9.59 Å². The number of thiophene rings is 1. The molecular weight excluding hydrogens is 354 g/mol. The zero-order valence-electron chi connectivity index (χ0n) is 11.3. The molecule has 2 rings (SSSR count). The Kier molecular flexibility index (Phi) is 5.52. The van der Waals surface area contributed by atoms with Crippen molar-refractivity contribution in [3.05, 3.63) is 56.7 Å². The second kappa shape index (κ2) is 7.38. The number of ether oxygens (including phenoxy) is 1. The van der Waals surface area contributed by atoms with Crippen molar-refractivity contribution >= 4 is 39.1 Å². The summed E-state index contributed by atoms with van der Waals surface area (Å²) in [5.41, 5.74) is 0.983. The summed E-state index contributed by atoms with van der Waals surface area (Å²) < 4.78 is 5.94. The van der Waals surface area contributed by atoms with E-state index in [2.05, 4.69) is 21.2 Å². The Balaban J connectivity index is 1.81. The number of carbonyl (C=O) groups is 2. The zero-order valence-corrected chi connectivity index (χ0v) is 13.7. The summed E-state index contributed by atoms with van der Waals surface area (Å²) in [5.74, 6) is -0.799. The van der Waals surface area contributed by atoms with Gasteiger partial charge in [0.2, 0.25) is 0 Å². The Labute approximate surface area is 135 Å². The minimum absolute atomic E-state index is 0.147. The lowest BCUT2D eigenvalue weighted by Gasteiger charge is -2.14. The minimum atomic E-state index is -0.476. The molecule has 1 N–H and O–H groups in total. The maximum absolute atomic E-state index is 11.8. The van der Waals surface area contributed by atoms with E-state index in [4.69, 9.17) is 4.74 Å². The molecule has 0 radical (unpaired) electrons. The molecule has 0 saturated heterocycles. The van der Waals surface area contributed by atoms with Crippen LogP contribution < -0.4 is 5.32 Å². The molecule has 1 amide bonds. The first kappa shape index (κ1) is 15.7. The summed E-state index contributed by atoms with van der Waals surface area (Å²) in [5, 5.41) is 4.57. The molecule has 0 saturated carbocycles. The van der Waals surface area contributed by atoms with Crippen molar-refractivity contribution in [1.82, 2.24) is 5.32 Å². The van der Waals surface area contributed by atoms with Gasteiger partial charge in [-0.25, -0.2) is 4.79 Å². The van der Waals surface area contributed by atoms with Crippen LogP contribution in [0.3, 0.4) is 0 Å². The standard InChI is InChI=1S/C15H14BrNO3S/c1-10(11-4-6-12(16)7-5-11)17-14(18)9-20-15(19)13-3-2-8-21-13/h2-8,10H,9H2,1H3,(H,17,18)/t10-/m0/s1. The fourth-order valence-corrected chi connectivity index (χ4v) is 2.60. The predicted octanol–water partition coefficient (Wildman–Crippen LogP) is 3.54. The molecule has 6 heteroatoms. The molecule has 0 fully saturated rings. The Morgan fingerprint density at radius 3 is 2.62 bits per heavy atom. The lowest BCUT2D eigenvalue weighted by Crippen LogP contribution is -2.31. The number of hydrogen-bond donors (Lipinski definition) is 1. The number of esters is 1. The van der Waals surface area contributed by atoms with E-state index in [1.165, 1.54) is 11.3 Å². The highest BCUT2D eigenvalue weighted by atomic mass is 79.9. The third-order valence-corrected chi connectivity index (χ3v) is 4.18. The van der Waals surface area contributed by atoms with Gasteiger partial charge in [0.1, 0.15) is 4.88 Å². The van der Waals surface area contributed by atoms with Crippen molar-refractivity contribution < 1.29 is 14.3 Å². The SMILES string of the molecule is C[C@H](NC(=O)COC(=O)c1cccs1)c1ccc(Br)cc1. The van der Waals surface area contributed by atoms with E-state index in [0.29, 0.717) is 4.88 Å². The van der Waals surface area contributed by atoms with Crippen LogP contribution in [0.15, 0.2) is 46.3 Å². The number of carbonyl (C=O) groups excluding carboxylic acids is 2. The third kappa shape index (κ3) is 4.68. The zero-order chi connectivity index (χ0) is 15.2. The molecule has 4 nitrogen and oxygen atoms in total. The molecule has 1 atom stereocenters. The molecule has 0 aliphatic heterocycles. The van der Waals surface area contributed by atoms with Crippen molar-refractivity contribution in [2.75, 3.05) is 6.61 Å². The quantitative estimate of drug-likeness (QED) is 0.822. The molecule has 0 unspecified atom stereocenters. The lowest BCUT2D eigenvalue weighted by molar-refractivity contribution is -0.124. The van der Waals surface area contributed by atoms with Crippen LogP contribution in [-0.2, 0) is 9.53 Å². The highest BCUT2D eigenvalue weighted by Gasteiger charge is 2.13. The number of rotatable bonds is 5. The Hall–Kier alpha value is -1.66. The van der Waals surface area contributed by atoms with E-state index in [1.807, 2.05) is 31.2 Å². The summed E-state index contributed by atoms with van der Waals surface area (Å²) >= 11 is 4.65. The summed E-state index contributed by atoms with van der Waals surface area (Å²) in [7, 11) is 0. The Morgan fingerprint density at radius 2 is 2.00 bits per heavy atom. The normalized spacial score (nSPS) is 11.7. The molecule has 1 aromatic carbocycles. The molecule has 0 aliphatic rings. The van der Waals surface area contributed by atoms with Crippen LogP contribution in [0.5, 0.6) is 0 Å². The number of halogens is 1. The fourth-order valence-electron chi connectivity index (χ4n) is 1.71. The van der Waals surface area contributed by atoms with Gasteiger partial charge >= 0.3 is 5.97 Å². The van der Waals surface area contributed by atoms with Crippen molar-refractivity contribution in [1.29, 1.82) is 0 Å². The van der Waals surface area contributed by atoms with E-state index in [0.717, 1.165) is 10.0 Å². The number of amides is 1. The van der Waals surface area contributed by atoms with Gasteiger partial charge in [-0.3, -0.25) is 4.79 Å². The van der Waals surface area contributed by atoms with Gasteiger partial charge in [-0.05, 0) is 36.1 Å². The van der Waals surface area contributed by atoms with E-state index in [1.54, 1.807) is 17.5 Å². The lowest BCUT2D eigenvalue weighted by atomic mass is 10.1. The van der Waals surface area contributed by atoms with Crippen LogP contribution in [0.1, 0.15) is 28.2 Å². The number of benzene rings is 1. The monoisotopic (exact) mass is 367 g/mol. The first-order chi connectivity index (χ1) is 10.1. The smallest absolute Gasteiger partial charge is 0.348 e. The van der Waals surface area contributed by atoms with Crippen LogP contribution in [0.4, 0.5) is 0 Å². The maximum Gasteiger partial charge on any atom is 0.348 e. The van der Waals surface area contributed by atoms with E-state index < -0.39 is 5.97 Å². The van der Waals surface area contributed by atoms with Crippen LogP contribution in [0.25, 0.3) is 0 Å².